The molecule has 0 bridgehead atoms. The first-order valence-corrected chi connectivity index (χ1v) is 9.61. The number of ether oxygens (including phenoxy) is 2. The number of methoxy groups -OCH3 is 2. The monoisotopic (exact) mass is 404 g/mol. The van der Waals surface area contributed by atoms with Gasteiger partial charge < -0.3 is 29.6 Å². The summed E-state index contributed by atoms with van der Waals surface area (Å²) in [7, 11) is -1.07. The van der Waals surface area contributed by atoms with Gasteiger partial charge in [0, 0.05) is 24.1 Å². The van der Waals surface area contributed by atoms with Gasteiger partial charge in [-0.3, -0.25) is 0 Å². The predicted molar refractivity (Wildman–Crippen MR) is 117 cm³/mol. The van der Waals surface area contributed by atoms with Crippen LogP contribution in [-0.4, -0.2) is 54.1 Å². The van der Waals surface area contributed by atoms with Crippen molar-refractivity contribution in [1.82, 2.24) is 0 Å². The Morgan fingerprint density at radius 3 is 2.23 bits per heavy atom. The summed E-state index contributed by atoms with van der Waals surface area (Å²) in [4.78, 5) is 0. The third kappa shape index (κ3) is 2.96. The maximum Gasteiger partial charge on any atom is 0.490 e. The van der Waals surface area contributed by atoms with E-state index in [-0.39, 0.29) is 0 Å². The molecule has 0 saturated carbocycles. The van der Waals surface area contributed by atoms with Crippen LogP contribution in [0.1, 0.15) is 5.56 Å². The van der Waals surface area contributed by atoms with Crippen LogP contribution in [0.15, 0.2) is 60.7 Å². The molecule has 3 aromatic rings. The Labute approximate surface area is 174 Å². The van der Waals surface area contributed by atoms with Crippen LogP contribution in [0.3, 0.4) is 0 Å². The molecule has 0 fully saturated rings. The first-order chi connectivity index (χ1) is 14.5. The zero-order valence-corrected chi connectivity index (χ0v) is 16.7. The number of fused-ring (bicyclic) bond motifs is 2. The fourth-order valence-corrected chi connectivity index (χ4v) is 4.53. The van der Waals surface area contributed by atoms with Gasteiger partial charge in [0.05, 0.1) is 7.11 Å². The molecule has 0 saturated heterocycles. The summed E-state index contributed by atoms with van der Waals surface area (Å²) >= 11 is 0. The fourth-order valence-electron chi connectivity index (χ4n) is 4.53. The molecule has 152 valence electrons. The van der Waals surface area contributed by atoms with Gasteiger partial charge in [-0.05, 0) is 27.3 Å². The van der Waals surface area contributed by atoms with Gasteiger partial charge in [-0.2, -0.15) is 0 Å². The van der Waals surface area contributed by atoms with E-state index in [0.29, 0.717) is 22.1 Å². The Balaban J connectivity index is 2.27. The minimum Gasteiger partial charge on any atom is -0.496 e. The third-order valence-electron chi connectivity index (χ3n) is 5.88. The molecule has 6 nitrogen and oxygen atoms in total. The van der Waals surface area contributed by atoms with E-state index in [1.54, 1.807) is 12.1 Å². The van der Waals surface area contributed by atoms with E-state index in [4.69, 9.17) is 9.47 Å². The molecule has 2 unspecified atom stereocenters. The summed E-state index contributed by atoms with van der Waals surface area (Å²) in [6.45, 7) is 0. The van der Waals surface area contributed by atoms with Gasteiger partial charge in [-0.1, -0.05) is 60.7 Å². The van der Waals surface area contributed by atoms with E-state index in [1.807, 2.05) is 54.6 Å². The van der Waals surface area contributed by atoms with Gasteiger partial charge in [0.15, 0.2) is 0 Å². The van der Waals surface area contributed by atoms with Crippen molar-refractivity contribution >= 4 is 36.7 Å². The molecule has 8 heteroatoms. The van der Waals surface area contributed by atoms with Crippen LogP contribution in [0.25, 0.3) is 22.4 Å². The topological polar surface area (TPSA) is 99.4 Å². The summed E-state index contributed by atoms with van der Waals surface area (Å²) in [6.07, 6.45) is 1.60. The first kappa shape index (κ1) is 20.7. The molecule has 30 heavy (non-hydrogen) atoms. The lowest BCUT2D eigenvalue weighted by Gasteiger charge is -2.42. The molecule has 1 aliphatic rings. The SMILES string of the molecule is COc1ccc2ccccc2c1C1=c2ccccc2=CC(B(O)O)C1(OC)B(O)O. The standard InChI is InChI=1S/C22H22B2O6/c1-29-18-12-11-14-7-3-5-9-16(14)20(18)21-17-10-6-4-8-15(17)13-19(23(25)26)22(21,30-2)24(27)28/h3-13,19,25-28H,1-2H3. The zero-order valence-electron chi connectivity index (χ0n) is 16.7. The molecule has 3 aromatic carbocycles. The molecule has 0 radical (unpaired) electrons. The van der Waals surface area contributed by atoms with Crippen molar-refractivity contribution in [2.45, 2.75) is 11.3 Å². The minimum atomic E-state index is -2.04. The second kappa shape index (κ2) is 7.91. The van der Waals surface area contributed by atoms with E-state index < -0.39 is 25.6 Å². The highest BCUT2D eigenvalue weighted by molar-refractivity contribution is 6.57. The maximum absolute atomic E-state index is 10.6. The van der Waals surface area contributed by atoms with Crippen LogP contribution in [0, 0.1) is 0 Å². The molecule has 1 aliphatic carbocycles. The third-order valence-corrected chi connectivity index (χ3v) is 5.88. The van der Waals surface area contributed by atoms with Crippen molar-refractivity contribution in [1.29, 1.82) is 0 Å². The first-order valence-electron chi connectivity index (χ1n) is 9.61. The highest BCUT2D eigenvalue weighted by atomic mass is 16.5. The van der Waals surface area contributed by atoms with Crippen molar-refractivity contribution in [2.24, 2.45) is 0 Å². The molecule has 0 spiro atoms. The molecule has 4 N–H and O–H groups in total. The van der Waals surface area contributed by atoms with Crippen molar-refractivity contribution in [3.05, 3.63) is 76.7 Å². The van der Waals surface area contributed by atoms with E-state index in [9.17, 15) is 20.1 Å². The molecule has 0 aromatic heterocycles. The average Bonchev–Trinajstić information content (AvgIpc) is 2.76. The number of hydrogen-bond donors (Lipinski definition) is 4. The summed E-state index contributed by atoms with van der Waals surface area (Å²) in [5.41, 5.74) is -0.818. The smallest absolute Gasteiger partial charge is 0.490 e. The Kier molecular flexibility index (Phi) is 5.44. The summed E-state index contributed by atoms with van der Waals surface area (Å²) in [5, 5.41) is 44.7. The maximum atomic E-state index is 10.6. The molecular weight excluding hydrogens is 382 g/mol. The van der Waals surface area contributed by atoms with Crippen LogP contribution in [0.4, 0.5) is 0 Å². The lowest BCUT2D eigenvalue weighted by molar-refractivity contribution is 0.0732. The van der Waals surface area contributed by atoms with Crippen LogP contribution >= 0.6 is 0 Å². The minimum absolute atomic E-state index is 0.421. The largest absolute Gasteiger partial charge is 0.496 e. The van der Waals surface area contributed by atoms with Gasteiger partial charge in [-0.15, -0.1) is 0 Å². The molecule has 2 atom stereocenters. The number of hydrogen-bond acceptors (Lipinski definition) is 6. The Bertz CT molecular complexity index is 1210. The van der Waals surface area contributed by atoms with Crippen LogP contribution < -0.4 is 15.2 Å². The molecule has 0 aliphatic heterocycles. The van der Waals surface area contributed by atoms with Crippen LogP contribution in [-0.2, 0) is 4.74 Å². The van der Waals surface area contributed by atoms with Gasteiger partial charge >= 0.3 is 14.2 Å². The highest BCUT2D eigenvalue weighted by Crippen LogP contribution is 2.46. The normalized spacial score (nSPS) is 20.5. The van der Waals surface area contributed by atoms with E-state index in [0.717, 1.165) is 16.0 Å². The van der Waals surface area contributed by atoms with E-state index in [2.05, 4.69) is 0 Å². The fraction of sp³-hybridized carbons (Fsp3) is 0.182. The van der Waals surface area contributed by atoms with Crippen molar-refractivity contribution < 1.29 is 29.6 Å². The summed E-state index contributed by atoms with van der Waals surface area (Å²) < 4.78 is 11.4. The Morgan fingerprint density at radius 1 is 0.867 bits per heavy atom. The molecule has 4 rings (SSSR count). The lowest BCUT2D eigenvalue weighted by atomic mass is 9.45. The predicted octanol–water partition coefficient (Wildman–Crippen LogP) is 0.0817. The Morgan fingerprint density at radius 2 is 1.57 bits per heavy atom. The molecular formula is C22H22B2O6. The lowest BCUT2D eigenvalue weighted by Crippen LogP contribution is -2.60. The van der Waals surface area contributed by atoms with Gasteiger partial charge in [0.2, 0.25) is 0 Å². The summed E-state index contributed by atoms with van der Waals surface area (Å²) in [6, 6.07) is 18.7. The zero-order chi connectivity index (χ0) is 21.5. The molecule has 0 amide bonds. The number of benzene rings is 3. The van der Waals surface area contributed by atoms with Gasteiger partial charge in [0.25, 0.3) is 0 Å². The Hall–Kier alpha value is -2.61. The van der Waals surface area contributed by atoms with E-state index in [1.165, 1.54) is 14.2 Å². The summed E-state index contributed by atoms with van der Waals surface area (Å²) in [5.74, 6) is -0.635. The second-order valence-corrected chi connectivity index (χ2v) is 7.30. The van der Waals surface area contributed by atoms with Gasteiger partial charge in [0.1, 0.15) is 11.2 Å². The second-order valence-electron chi connectivity index (χ2n) is 7.30. The number of rotatable bonds is 5. The van der Waals surface area contributed by atoms with Gasteiger partial charge in [-0.25, -0.2) is 0 Å². The quantitative estimate of drug-likeness (QED) is 0.450. The van der Waals surface area contributed by atoms with Crippen LogP contribution in [0.2, 0.25) is 5.82 Å². The van der Waals surface area contributed by atoms with Crippen molar-refractivity contribution in [3.63, 3.8) is 0 Å². The van der Waals surface area contributed by atoms with Crippen molar-refractivity contribution in [3.8, 4) is 5.75 Å². The van der Waals surface area contributed by atoms with Crippen LogP contribution in [0.5, 0.6) is 5.75 Å². The van der Waals surface area contributed by atoms with E-state index >= 15 is 0 Å². The average molecular weight is 404 g/mol. The highest BCUT2D eigenvalue weighted by Gasteiger charge is 2.57. The molecule has 0 heterocycles. The van der Waals surface area contributed by atoms with Crippen molar-refractivity contribution in [2.75, 3.05) is 14.2 Å².